The molecule has 1 aromatic heterocycles. The Morgan fingerprint density at radius 3 is 2.94 bits per heavy atom. The molecule has 1 aliphatic heterocycles. The second-order valence-electron chi connectivity index (χ2n) is 4.78. The first kappa shape index (κ1) is 13.6. The van der Waals surface area contributed by atoms with Crippen molar-refractivity contribution in [2.45, 2.75) is 38.2 Å². The number of alkyl halides is 1. The van der Waals surface area contributed by atoms with Crippen molar-refractivity contribution in [1.82, 2.24) is 9.97 Å². The van der Waals surface area contributed by atoms with Crippen LogP contribution in [-0.2, 0) is 10.6 Å². The summed E-state index contributed by atoms with van der Waals surface area (Å²) in [7, 11) is 2.01. The van der Waals surface area contributed by atoms with Crippen molar-refractivity contribution < 1.29 is 4.74 Å². The summed E-state index contributed by atoms with van der Waals surface area (Å²) in [5, 5.41) is 0. The second kappa shape index (κ2) is 6.34. The molecule has 0 bridgehead atoms. The third-order valence-corrected chi connectivity index (χ3v) is 3.59. The Labute approximate surface area is 113 Å². The Kier molecular flexibility index (Phi) is 4.78. The monoisotopic (exact) mass is 269 g/mol. The lowest BCUT2D eigenvalue weighted by molar-refractivity contribution is 0.0214. The van der Waals surface area contributed by atoms with Gasteiger partial charge in [0.2, 0.25) is 5.95 Å². The van der Waals surface area contributed by atoms with Gasteiger partial charge in [-0.05, 0) is 26.2 Å². The topological polar surface area (TPSA) is 38.2 Å². The summed E-state index contributed by atoms with van der Waals surface area (Å²) in [6.45, 7) is 3.69. The highest BCUT2D eigenvalue weighted by molar-refractivity contribution is 6.17. The van der Waals surface area contributed by atoms with Crippen LogP contribution in [0.1, 0.15) is 30.5 Å². The molecule has 1 aliphatic rings. The van der Waals surface area contributed by atoms with Crippen molar-refractivity contribution >= 4 is 17.5 Å². The Balaban J connectivity index is 1.99. The van der Waals surface area contributed by atoms with Crippen molar-refractivity contribution in [1.29, 1.82) is 0 Å². The molecule has 1 aromatic rings. The van der Waals surface area contributed by atoms with Gasteiger partial charge in [0.15, 0.2) is 0 Å². The summed E-state index contributed by atoms with van der Waals surface area (Å²) in [6.07, 6.45) is 5.68. The quantitative estimate of drug-likeness (QED) is 0.788. The fraction of sp³-hybridized carbons (Fsp3) is 0.692. The Hall–Kier alpha value is -0.870. The summed E-state index contributed by atoms with van der Waals surface area (Å²) in [5.74, 6) is 1.21. The van der Waals surface area contributed by atoms with Gasteiger partial charge >= 0.3 is 0 Å². The van der Waals surface area contributed by atoms with Crippen molar-refractivity contribution in [2.75, 3.05) is 25.1 Å². The minimum atomic E-state index is 0.306. The average molecular weight is 270 g/mol. The number of likely N-dealkylation sites (N-methyl/N-ethyl adjacent to an activating group) is 1. The van der Waals surface area contributed by atoms with Crippen molar-refractivity contribution in [3.8, 4) is 0 Å². The molecular weight excluding hydrogens is 250 g/mol. The first-order valence-electron chi connectivity index (χ1n) is 6.42. The number of anilines is 1. The van der Waals surface area contributed by atoms with Crippen LogP contribution < -0.4 is 4.90 Å². The highest BCUT2D eigenvalue weighted by Gasteiger charge is 2.17. The minimum absolute atomic E-state index is 0.306. The zero-order chi connectivity index (χ0) is 13.0. The Bertz CT molecular complexity index is 394. The van der Waals surface area contributed by atoms with Crippen LogP contribution in [0.4, 0.5) is 5.95 Å². The van der Waals surface area contributed by atoms with Crippen LogP contribution in [-0.4, -0.2) is 36.3 Å². The van der Waals surface area contributed by atoms with Gasteiger partial charge in [-0.2, -0.15) is 0 Å². The number of ether oxygens (including phenoxy) is 1. The molecule has 0 N–H and O–H groups in total. The third-order valence-electron chi connectivity index (χ3n) is 3.31. The molecule has 0 aromatic carbocycles. The van der Waals surface area contributed by atoms with E-state index < -0.39 is 0 Å². The molecule has 1 fully saturated rings. The molecule has 1 saturated heterocycles. The minimum Gasteiger partial charge on any atom is -0.376 e. The zero-order valence-electron chi connectivity index (χ0n) is 11.0. The van der Waals surface area contributed by atoms with Crippen LogP contribution in [0.5, 0.6) is 0 Å². The van der Waals surface area contributed by atoms with Gasteiger partial charge in [-0.1, -0.05) is 0 Å². The molecule has 18 heavy (non-hydrogen) atoms. The Morgan fingerprint density at radius 2 is 2.33 bits per heavy atom. The van der Waals surface area contributed by atoms with Crippen molar-refractivity contribution in [3.05, 3.63) is 17.5 Å². The van der Waals surface area contributed by atoms with Gasteiger partial charge in [0.1, 0.15) is 0 Å². The molecule has 1 atom stereocenters. The largest absolute Gasteiger partial charge is 0.376 e. The maximum atomic E-state index is 5.81. The van der Waals surface area contributed by atoms with Crippen molar-refractivity contribution in [3.63, 3.8) is 0 Å². The van der Waals surface area contributed by atoms with Crippen LogP contribution >= 0.6 is 11.6 Å². The van der Waals surface area contributed by atoms with Crippen LogP contribution in [0.2, 0.25) is 0 Å². The second-order valence-corrected chi connectivity index (χ2v) is 5.05. The van der Waals surface area contributed by atoms with E-state index in [0.717, 1.165) is 36.8 Å². The van der Waals surface area contributed by atoms with Gasteiger partial charge in [-0.3, -0.25) is 0 Å². The van der Waals surface area contributed by atoms with E-state index in [1.165, 1.54) is 12.8 Å². The van der Waals surface area contributed by atoms with Gasteiger partial charge < -0.3 is 9.64 Å². The number of hydrogen-bond donors (Lipinski definition) is 0. The van der Waals surface area contributed by atoms with Crippen molar-refractivity contribution in [2.24, 2.45) is 0 Å². The van der Waals surface area contributed by atoms with E-state index in [1.807, 2.05) is 20.2 Å². The predicted molar refractivity (Wildman–Crippen MR) is 73.2 cm³/mol. The number of hydrogen-bond acceptors (Lipinski definition) is 4. The van der Waals surface area contributed by atoms with Gasteiger partial charge in [0.05, 0.1) is 12.0 Å². The summed E-state index contributed by atoms with van der Waals surface area (Å²) < 4.78 is 5.73. The summed E-state index contributed by atoms with van der Waals surface area (Å²) >= 11 is 5.81. The molecule has 5 heteroatoms. The smallest absolute Gasteiger partial charge is 0.225 e. The summed E-state index contributed by atoms with van der Waals surface area (Å²) in [5.41, 5.74) is 1.94. The highest BCUT2D eigenvalue weighted by Crippen LogP contribution is 2.16. The first-order chi connectivity index (χ1) is 8.70. The molecule has 2 heterocycles. The van der Waals surface area contributed by atoms with Crippen LogP contribution in [0.3, 0.4) is 0 Å². The van der Waals surface area contributed by atoms with E-state index in [4.69, 9.17) is 16.3 Å². The number of aryl methyl sites for hydroxylation is 1. The number of rotatable bonds is 4. The molecule has 2 rings (SSSR count). The zero-order valence-corrected chi connectivity index (χ0v) is 11.8. The lowest BCUT2D eigenvalue weighted by Crippen LogP contribution is -2.34. The number of halogens is 1. The van der Waals surface area contributed by atoms with E-state index in [2.05, 4.69) is 14.9 Å². The van der Waals surface area contributed by atoms with Crippen LogP contribution in [0.25, 0.3) is 0 Å². The molecule has 0 radical (unpaired) electrons. The molecule has 0 spiro atoms. The molecule has 100 valence electrons. The predicted octanol–water partition coefficient (Wildman–Crippen LogP) is 2.53. The van der Waals surface area contributed by atoms with Gasteiger partial charge in [0.25, 0.3) is 0 Å². The SMILES string of the molecule is Cc1nc(N(C)CC2CCCCO2)ncc1CCl. The molecule has 4 nitrogen and oxygen atoms in total. The van der Waals surface area contributed by atoms with E-state index in [-0.39, 0.29) is 0 Å². The van der Waals surface area contributed by atoms with E-state index in [1.54, 1.807) is 0 Å². The van der Waals surface area contributed by atoms with Crippen LogP contribution in [0, 0.1) is 6.92 Å². The standard InChI is InChI=1S/C13H20ClN3O/c1-10-11(7-14)8-15-13(16-10)17(2)9-12-5-3-4-6-18-12/h8,12H,3-7,9H2,1-2H3. The molecule has 1 unspecified atom stereocenters. The van der Waals surface area contributed by atoms with Gasteiger partial charge in [0, 0.05) is 37.7 Å². The Morgan fingerprint density at radius 1 is 1.50 bits per heavy atom. The maximum absolute atomic E-state index is 5.81. The van der Waals surface area contributed by atoms with Gasteiger partial charge in [-0.15, -0.1) is 11.6 Å². The number of nitrogens with zero attached hydrogens (tertiary/aromatic N) is 3. The molecule has 0 aliphatic carbocycles. The maximum Gasteiger partial charge on any atom is 0.225 e. The molecular formula is C13H20ClN3O. The number of aromatic nitrogens is 2. The van der Waals surface area contributed by atoms with Gasteiger partial charge in [-0.25, -0.2) is 9.97 Å². The van der Waals surface area contributed by atoms with E-state index >= 15 is 0 Å². The fourth-order valence-corrected chi connectivity index (χ4v) is 2.40. The third kappa shape index (κ3) is 3.33. The summed E-state index contributed by atoms with van der Waals surface area (Å²) in [6, 6.07) is 0. The lowest BCUT2D eigenvalue weighted by atomic mass is 10.1. The van der Waals surface area contributed by atoms with E-state index in [9.17, 15) is 0 Å². The first-order valence-corrected chi connectivity index (χ1v) is 6.95. The molecule has 0 amide bonds. The average Bonchev–Trinajstić information content (AvgIpc) is 2.39. The van der Waals surface area contributed by atoms with Crippen LogP contribution in [0.15, 0.2) is 6.20 Å². The summed E-state index contributed by atoms with van der Waals surface area (Å²) in [4.78, 5) is 10.9. The highest BCUT2D eigenvalue weighted by atomic mass is 35.5. The lowest BCUT2D eigenvalue weighted by Gasteiger charge is -2.27. The normalized spacial score (nSPS) is 19.8. The fourth-order valence-electron chi connectivity index (χ4n) is 2.13. The van der Waals surface area contributed by atoms with E-state index in [0.29, 0.717) is 12.0 Å². The molecule has 0 saturated carbocycles.